The van der Waals surface area contributed by atoms with Gasteiger partial charge in [0.1, 0.15) is 17.2 Å². The van der Waals surface area contributed by atoms with E-state index in [-0.39, 0.29) is 69.7 Å². The first-order valence-corrected chi connectivity index (χ1v) is 22.2. The van der Waals surface area contributed by atoms with Crippen LogP contribution < -0.4 is 10.6 Å². The molecule has 2 amide bonds. The number of aromatic nitrogens is 3. The van der Waals surface area contributed by atoms with E-state index >= 15 is 0 Å². The van der Waals surface area contributed by atoms with Crippen LogP contribution in [0.4, 0.5) is 0 Å². The van der Waals surface area contributed by atoms with E-state index in [1.54, 1.807) is 32.3 Å². The molecule has 2 unspecified atom stereocenters. The Hall–Kier alpha value is -4.09. The van der Waals surface area contributed by atoms with Gasteiger partial charge in [0.25, 0.3) is 5.91 Å². The number of ether oxygens (including phenoxy) is 1. The van der Waals surface area contributed by atoms with Crippen LogP contribution in [0.2, 0.25) is 0 Å². The minimum atomic E-state index is -1.29. The number of carbonyl (C=O) groups excluding carboxylic acids is 4. The minimum absolute atomic E-state index is 0.00704. The third-order valence-electron chi connectivity index (χ3n) is 17.9. The second-order valence-electron chi connectivity index (χ2n) is 21.7. The molecule has 0 spiro atoms. The normalized spacial score (nSPS) is 38.7. The highest BCUT2D eigenvalue weighted by Crippen LogP contribution is 2.75. The maximum Gasteiger partial charge on any atom is 0.309 e. The number of nitrogens with one attached hydrogen (secondary N) is 2. The van der Waals surface area contributed by atoms with Crippen molar-refractivity contribution in [3.05, 3.63) is 41.4 Å². The predicted octanol–water partition coefficient (Wildman–Crippen LogP) is 7.36. The SMILES string of the molecule is CC(C)C1=C2[C@H]3CCC4[C@@]5(C)CC[C@H](OC(=O)[C@H]6C[C@@H](C(=O)O)C6(C)C)[C@H](C)C5CC[C@@]4(C)[C@]3(C)CC[C@@]2(NC(=O)C(C)(C)NC(=O)c2cnn3cccnc23)CC1=O. The molecule has 5 saturated carbocycles. The summed E-state index contributed by atoms with van der Waals surface area (Å²) in [5, 5.41) is 20.3. The lowest BCUT2D eigenvalue weighted by atomic mass is 9.34. The van der Waals surface area contributed by atoms with E-state index in [0.29, 0.717) is 30.3 Å². The van der Waals surface area contributed by atoms with Gasteiger partial charge in [0.15, 0.2) is 11.4 Å². The van der Waals surface area contributed by atoms with Gasteiger partial charge < -0.3 is 20.5 Å². The number of Topliss-reactive ketones (excluding diaryl/α,β-unsaturated/α-hetero) is 1. The lowest BCUT2D eigenvalue weighted by molar-refractivity contribution is -0.217. The summed E-state index contributed by atoms with van der Waals surface area (Å²) < 4.78 is 7.84. The molecule has 0 radical (unpaired) electrons. The lowest BCUT2D eigenvalue weighted by Crippen LogP contribution is -2.67. The maximum atomic E-state index is 14.5. The lowest BCUT2D eigenvalue weighted by Gasteiger charge is -2.71. The Labute approximate surface area is 348 Å². The molecular weight excluding hydrogens is 747 g/mol. The zero-order valence-corrected chi connectivity index (χ0v) is 36.7. The Morgan fingerprint density at radius 2 is 1.69 bits per heavy atom. The van der Waals surface area contributed by atoms with Crippen LogP contribution in [0.25, 0.3) is 5.65 Å². The average Bonchev–Trinajstić information content (AvgIpc) is 3.71. The highest BCUT2D eigenvalue weighted by molar-refractivity contribution is 6.05. The van der Waals surface area contributed by atoms with Crippen LogP contribution in [0, 0.1) is 63.1 Å². The van der Waals surface area contributed by atoms with E-state index in [4.69, 9.17) is 4.74 Å². The van der Waals surface area contributed by atoms with Crippen molar-refractivity contribution in [3.8, 4) is 0 Å². The van der Waals surface area contributed by atoms with E-state index in [0.717, 1.165) is 56.1 Å². The van der Waals surface area contributed by atoms with Gasteiger partial charge in [0.05, 0.1) is 23.6 Å². The number of nitrogens with zero attached hydrogens (tertiary/aromatic N) is 3. The molecule has 59 heavy (non-hydrogen) atoms. The minimum Gasteiger partial charge on any atom is -0.481 e. The number of carbonyl (C=O) groups is 5. The first-order chi connectivity index (χ1) is 27.5. The van der Waals surface area contributed by atoms with Crippen molar-refractivity contribution in [3.63, 3.8) is 0 Å². The molecule has 320 valence electrons. The monoisotopic (exact) mass is 811 g/mol. The van der Waals surface area contributed by atoms with Gasteiger partial charge in [-0.15, -0.1) is 0 Å². The van der Waals surface area contributed by atoms with E-state index in [2.05, 4.69) is 62.3 Å². The molecule has 6 aliphatic carbocycles. The van der Waals surface area contributed by atoms with E-state index in [1.807, 2.05) is 13.8 Å². The third-order valence-corrected chi connectivity index (χ3v) is 17.9. The molecule has 12 heteroatoms. The number of ketones is 1. The summed E-state index contributed by atoms with van der Waals surface area (Å²) in [6, 6.07) is 1.73. The molecule has 6 aliphatic rings. The topological polar surface area (TPSA) is 169 Å². The third kappa shape index (κ3) is 5.98. The standard InChI is InChI=1S/C47H65N5O7/c1-25(2)35-32(53)23-47(51-41(58)43(6,7)50-38(54)27-24-49-52-21-11-20-48-37(27)52)19-18-45(9)29(36(35)47)12-13-34-44(8)16-15-33(26(3)28(44)14-17-46(34,45)10)59-40(57)31-22-30(39(55)56)42(31,4)5/h11,20-21,24-26,28-31,33-34H,12-19,22-23H2,1-10H3,(H,50,54)(H,51,58)(H,55,56)/t26-,28?,29-,30+,31-,33+,34?,44+,45-,46-,47-/m1/s1. The summed E-state index contributed by atoms with van der Waals surface area (Å²) >= 11 is 0. The van der Waals surface area contributed by atoms with Gasteiger partial charge in [-0.3, -0.25) is 24.0 Å². The Balaban J connectivity index is 1.02. The number of hydrogen-bond acceptors (Lipinski definition) is 8. The van der Waals surface area contributed by atoms with Crippen molar-refractivity contribution in [1.29, 1.82) is 0 Å². The number of carboxylic acids is 1. The second-order valence-corrected chi connectivity index (χ2v) is 21.7. The average molecular weight is 812 g/mol. The number of allylic oxidation sites excluding steroid dienone is 1. The Morgan fingerprint density at radius 1 is 0.966 bits per heavy atom. The Bertz CT molecular complexity index is 2150. The molecule has 11 atom stereocenters. The van der Waals surface area contributed by atoms with Gasteiger partial charge in [0.2, 0.25) is 5.91 Å². The van der Waals surface area contributed by atoms with Crippen LogP contribution in [0.1, 0.15) is 144 Å². The van der Waals surface area contributed by atoms with Gasteiger partial charge >= 0.3 is 11.9 Å². The summed E-state index contributed by atoms with van der Waals surface area (Å²) in [5.74, 6) is -1.49. The molecule has 5 fully saturated rings. The summed E-state index contributed by atoms with van der Waals surface area (Å²) in [6.45, 7) is 21.1. The van der Waals surface area contributed by atoms with Crippen molar-refractivity contribution in [2.75, 3.05) is 0 Å². The number of fused-ring (bicyclic) bond motifs is 8. The Kier molecular flexibility index (Phi) is 9.68. The molecule has 2 aromatic rings. The number of aliphatic carboxylic acids is 1. The van der Waals surface area contributed by atoms with Crippen LogP contribution in [0.5, 0.6) is 0 Å². The summed E-state index contributed by atoms with van der Waals surface area (Å²) in [4.78, 5) is 71.8. The van der Waals surface area contributed by atoms with Crippen molar-refractivity contribution < 1.29 is 33.8 Å². The molecule has 0 bridgehead atoms. The molecular formula is C47H65N5O7. The molecule has 12 nitrogen and oxygen atoms in total. The van der Waals surface area contributed by atoms with Gasteiger partial charge in [-0.05, 0) is 140 Å². The zero-order chi connectivity index (χ0) is 42.8. The quantitative estimate of drug-likeness (QED) is 0.231. The first kappa shape index (κ1) is 41.6. The number of rotatable bonds is 8. The van der Waals surface area contributed by atoms with Gasteiger partial charge in [-0.25, -0.2) is 9.50 Å². The van der Waals surface area contributed by atoms with E-state index in [9.17, 15) is 29.1 Å². The van der Waals surface area contributed by atoms with Crippen molar-refractivity contribution in [1.82, 2.24) is 25.2 Å². The van der Waals surface area contributed by atoms with E-state index < -0.39 is 40.2 Å². The molecule has 0 saturated heterocycles. The molecule has 3 N–H and O–H groups in total. The molecule has 8 rings (SSSR count). The fourth-order valence-electron chi connectivity index (χ4n) is 14.3. The van der Waals surface area contributed by atoms with Crippen molar-refractivity contribution in [2.45, 2.75) is 151 Å². The maximum absolute atomic E-state index is 14.5. The van der Waals surface area contributed by atoms with Crippen molar-refractivity contribution in [2.24, 2.45) is 63.1 Å². The van der Waals surface area contributed by atoms with Crippen LogP contribution in [0.15, 0.2) is 35.8 Å². The van der Waals surface area contributed by atoms with Crippen molar-refractivity contribution >= 4 is 35.2 Å². The largest absolute Gasteiger partial charge is 0.481 e. The zero-order valence-electron chi connectivity index (χ0n) is 36.7. The molecule has 2 heterocycles. The van der Waals surface area contributed by atoms with Crippen LogP contribution in [-0.2, 0) is 23.9 Å². The fraction of sp³-hybridized carbons (Fsp3) is 0.723. The summed E-state index contributed by atoms with van der Waals surface area (Å²) in [6.07, 6.45) is 12.5. The predicted molar refractivity (Wildman–Crippen MR) is 221 cm³/mol. The smallest absolute Gasteiger partial charge is 0.309 e. The van der Waals surface area contributed by atoms with Crippen LogP contribution >= 0.6 is 0 Å². The highest BCUT2D eigenvalue weighted by atomic mass is 16.5. The van der Waals surface area contributed by atoms with Gasteiger partial charge in [-0.1, -0.05) is 55.4 Å². The van der Waals surface area contributed by atoms with Gasteiger partial charge in [0, 0.05) is 18.8 Å². The van der Waals surface area contributed by atoms with E-state index in [1.165, 1.54) is 10.7 Å². The second kappa shape index (κ2) is 13.7. The summed E-state index contributed by atoms with van der Waals surface area (Å²) in [7, 11) is 0. The molecule has 0 aliphatic heterocycles. The number of esters is 1. The first-order valence-electron chi connectivity index (χ1n) is 22.2. The molecule has 2 aromatic heterocycles. The number of hydrogen-bond donors (Lipinski definition) is 3. The Morgan fingerprint density at radius 3 is 2.37 bits per heavy atom. The number of amides is 2. The number of carboxylic acid groups (broad SMARTS) is 1. The van der Waals surface area contributed by atoms with Gasteiger partial charge in [-0.2, -0.15) is 5.10 Å². The molecule has 0 aromatic carbocycles. The fourth-order valence-corrected chi connectivity index (χ4v) is 14.3. The van der Waals surface area contributed by atoms with Crippen LogP contribution in [-0.4, -0.2) is 66.4 Å². The van der Waals surface area contributed by atoms with Crippen LogP contribution in [0.3, 0.4) is 0 Å². The highest BCUT2D eigenvalue weighted by Gasteiger charge is 2.69. The summed E-state index contributed by atoms with van der Waals surface area (Å²) in [5.41, 5.74) is -0.102.